The van der Waals surface area contributed by atoms with Gasteiger partial charge in [-0.2, -0.15) is 0 Å². The van der Waals surface area contributed by atoms with Gasteiger partial charge in [0.1, 0.15) is 11.6 Å². The minimum Gasteiger partial charge on any atom is -0.450 e. The van der Waals surface area contributed by atoms with Crippen LogP contribution in [-0.4, -0.2) is 71.3 Å². The number of nitrogens with zero attached hydrogens (tertiary/aromatic N) is 3. The first-order valence-corrected chi connectivity index (χ1v) is 14.0. The van der Waals surface area contributed by atoms with E-state index in [1.54, 1.807) is 4.90 Å². The summed E-state index contributed by atoms with van der Waals surface area (Å²) in [6.07, 6.45) is 5.55. The Morgan fingerprint density at radius 1 is 0.947 bits per heavy atom. The van der Waals surface area contributed by atoms with E-state index in [0.29, 0.717) is 31.5 Å². The van der Waals surface area contributed by atoms with E-state index in [4.69, 9.17) is 9.47 Å². The monoisotopic (exact) mass is 521 g/mol. The molecule has 1 spiro atoms. The molecular formula is C30H36FN3O4. The molecule has 2 amide bonds. The summed E-state index contributed by atoms with van der Waals surface area (Å²) in [5.41, 5.74) is 2.41. The Balaban J connectivity index is 1.14. The van der Waals surface area contributed by atoms with Crippen LogP contribution in [0.4, 0.5) is 14.0 Å². The highest BCUT2D eigenvalue weighted by atomic mass is 19.1. The lowest BCUT2D eigenvalue weighted by atomic mass is 9.68. The summed E-state index contributed by atoms with van der Waals surface area (Å²) < 4.78 is 24.3. The van der Waals surface area contributed by atoms with Gasteiger partial charge in [-0.15, -0.1) is 0 Å². The number of fused-ring (bicyclic) bond motifs is 4. The van der Waals surface area contributed by atoms with Gasteiger partial charge in [-0.25, -0.2) is 14.0 Å². The summed E-state index contributed by atoms with van der Waals surface area (Å²) in [7, 11) is 0. The van der Waals surface area contributed by atoms with Crippen LogP contribution in [0.1, 0.15) is 56.6 Å². The van der Waals surface area contributed by atoms with Crippen LogP contribution in [0.15, 0.2) is 48.5 Å². The summed E-state index contributed by atoms with van der Waals surface area (Å²) in [5, 5.41) is 0. The number of piperidine rings is 2. The predicted octanol–water partition coefficient (Wildman–Crippen LogP) is 5.33. The summed E-state index contributed by atoms with van der Waals surface area (Å²) in [5.74, 6) is -0.00935. The second-order valence-electron chi connectivity index (χ2n) is 11.3. The standard InChI is InChI=1S/C30H36FN3O4/c1-2-37-29(36)34-23-9-10-24(34)18-25(17-23)32-15-13-30(14-16-32)20-33(19-21-5-3-4-6-27(21)30)28(35)38-26-11-7-22(31)8-12-26/h3-8,11-12,23-25H,2,9-10,13-20H2,1H3. The molecule has 2 bridgehead atoms. The van der Waals surface area contributed by atoms with Gasteiger partial charge in [0.15, 0.2) is 0 Å². The van der Waals surface area contributed by atoms with Crippen LogP contribution in [0.2, 0.25) is 0 Å². The Kier molecular flexibility index (Phi) is 6.76. The zero-order valence-corrected chi connectivity index (χ0v) is 22.0. The van der Waals surface area contributed by atoms with Crippen LogP contribution in [0.3, 0.4) is 0 Å². The van der Waals surface area contributed by atoms with Crippen molar-refractivity contribution in [2.75, 3.05) is 26.2 Å². The van der Waals surface area contributed by atoms with Gasteiger partial charge in [0.2, 0.25) is 0 Å². The van der Waals surface area contributed by atoms with Crippen molar-refractivity contribution in [1.29, 1.82) is 0 Å². The maximum absolute atomic E-state index is 13.3. The summed E-state index contributed by atoms with van der Waals surface area (Å²) >= 11 is 0. The maximum Gasteiger partial charge on any atom is 0.415 e. The third-order valence-corrected chi connectivity index (χ3v) is 9.18. The van der Waals surface area contributed by atoms with E-state index in [-0.39, 0.29) is 29.4 Å². The minimum atomic E-state index is -0.393. The Hall–Kier alpha value is -3.13. The zero-order valence-electron chi connectivity index (χ0n) is 22.0. The number of carbonyl (C=O) groups is 2. The van der Waals surface area contributed by atoms with Crippen molar-refractivity contribution in [1.82, 2.24) is 14.7 Å². The van der Waals surface area contributed by atoms with Gasteiger partial charge >= 0.3 is 12.2 Å². The van der Waals surface area contributed by atoms with E-state index in [0.717, 1.165) is 51.6 Å². The van der Waals surface area contributed by atoms with Crippen molar-refractivity contribution >= 4 is 12.2 Å². The lowest BCUT2D eigenvalue weighted by molar-refractivity contribution is 0.0206. The van der Waals surface area contributed by atoms with Crippen molar-refractivity contribution in [3.05, 3.63) is 65.5 Å². The number of rotatable bonds is 3. The SMILES string of the molecule is CCOC(=O)N1C2CCC1CC(N1CCC3(CC1)CN(C(=O)Oc1ccc(F)cc1)Cc1ccccc13)C2. The van der Waals surface area contributed by atoms with Crippen LogP contribution in [-0.2, 0) is 16.7 Å². The molecule has 202 valence electrons. The van der Waals surface area contributed by atoms with Gasteiger partial charge < -0.3 is 24.2 Å². The maximum atomic E-state index is 13.3. The molecule has 4 aliphatic rings. The molecule has 7 nitrogen and oxygen atoms in total. The molecule has 3 fully saturated rings. The number of carbonyl (C=O) groups excluding carboxylic acids is 2. The molecule has 2 atom stereocenters. The molecule has 0 aliphatic carbocycles. The second kappa shape index (κ2) is 10.2. The summed E-state index contributed by atoms with van der Waals surface area (Å²) in [6.45, 7) is 5.35. The van der Waals surface area contributed by atoms with Crippen molar-refractivity contribution in [3.63, 3.8) is 0 Å². The first-order valence-electron chi connectivity index (χ1n) is 14.0. The quantitative estimate of drug-likeness (QED) is 0.547. The fraction of sp³-hybridized carbons (Fsp3) is 0.533. The van der Waals surface area contributed by atoms with Gasteiger partial charge in [-0.1, -0.05) is 24.3 Å². The molecule has 4 aliphatic heterocycles. The lowest BCUT2D eigenvalue weighted by Gasteiger charge is -2.51. The predicted molar refractivity (Wildman–Crippen MR) is 140 cm³/mol. The molecule has 3 saturated heterocycles. The molecule has 0 radical (unpaired) electrons. The first kappa shape index (κ1) is 25.2. The Morgan fingerprint density at radius 3 is 2.32 bits per heavy atom. The molecule has 4 heterocycles. The smallest absolute Gasteiger partial charge is 0.415 e. The lowest BCUT2D eigenvalue weighted by Crippen LogP contribution is -2.57. The van der Waals surface area contributed by atoms with Crippen molar-refractivity contribution in [2.24, 2.45) is 0 Å². The van der Waals surface area contributed by atoms with Gasteiger partial charge in [-0.3, -0.25) is 0 Å². The molecule has 6 rings (SSSR count). The number of hydrogen-bond acceptors (Lipinski definition) is 5. The highest BCUT2D eigenvalue weighted by molar-refractivity contribution is 5.71. The molecule has 0 saturated carbocycles. The van der Waals surface area contributed by atoms with E-state index >= 15 is 0 Å². The van der Waals surface area contributed by atoms with Crippen LogP contribution < -0.4 is 4.74 Å². The second-order valence-corrected chi connectivity index (χ2v) is 11.3. The molecule has 2 unspecified atom stereocenters. The van der Waals surface area contributed by atoms with Crippen molar-refractivity contribution in [2.45, 2.75) is 75.5 Å². The van der Waals surface area contributed by atoms with Gasteiger partial charge in [0.25, 0.3) is 0 Å². The fourth-order valence-corrected chi connectivity index (χ4v) is 7.37. The van der Waals surface area contributed by atoms with E-state index < -0.39 is 6.09 Å². The highest BCUT2D eigenvalue weighted by Gasteiger charge is 2.48. The molecule has 2 aromatic rings. The molecular weight excluding hydrogens is 485 g/mol. The molecule has 8 heteroatoms. The number of halogens is 1. The van der Waals surface area contributed by atoms with E-state index in [1.165, 1.54) is 35.4 Å². The van der Waals surface area contributed by atoms with Crippen LogP contribution in [0, 0.1) is 5.82 Å². The van der Waals surface area contributed by atoms with E-state index in [9.17, 15) is 14.0 Å². The highest BCUT2D eigenvalue weighted by Crippen LogP contribution is 2.44. The number of likely N-dealkylation sites (tertiary alicyclic amines) is 1. The van der Waals surface area contributed by atoms with Crippen LogP contribution >= 0.6 is 0 Å². The van der Waals surface area contributed by atoms with Gasteiger partial charge in [0.05, 0.1) is 6.61 Å². The average molecular weight is 522 g/mol. The fourth-order valence-electron chi connectivity index (χ4n) is 7.37. The van der Waals surface area contributed by atoms with Crippen molar-refractivity contribution < 1.29 is 23.5 Å². The third kappa shape index (κ3) is 4.64. The number of ether oxygens (including phenoxy) is 2. The van der Waals surface area contributed by atoms with Crippen LogP contribution in [0.25, 0.3) is 0 Å². The summed E-state index contributed by atoms with van der Waals surface area (Å²) in [6, 6.07) is 15.1. The Bertz CT molecular complexity index is 1170. The third-order valence-electron chi connectivity index (χ3n) is 9.18. The van der Waals surface area contributed by atoms with Gasteiger partial charge in [0, 0.05) is 36.6 Å². The van der Waals surface area contributed by atoms with E-state index in [1.807, 2.05) is 17.9 Å². The van der Waals surface area contributed by atoms with Crippen LogP contribution in [0.5, 0.6) is 5.75 Å². The Labute approximate surface area is 223 Å². The molecule has 0 N–H and O–H groups in total. The van der Waals surface area contributed by atoms with Crippen molar-refractivity contribution in [3.8, 4) is 5.75 Å². The molecule has 38 heavy (non-hydrogen) atoms. The van der Waals surface area contributed by atoms with Gasteiger partial charge in [-0.05, 0) is 93.9 Å². The first-order chi connectivity index (χ1) is 18.5. The summed E-state index contributed by atoms with van der Waals surface area (Å²) in [4.78, 5) is 32.1. The molecule has 2 aromatic carbocycles. The average Bonchev–Trinajstić information content (AvgIpc) is 3.20. The largest absolute Gasteiger partial charge is 0.450 e. The normalized spacial score (nSPS) is 26.2. The topological polar surface area (TPSA) is 62.3 Å². The minimum absolute atomic E-state index is 0.113. The number of amides is 2. The molecule has 0 aromatic heterocycles. The zero-order chi connectivity index (χ0) is 26.3. The Morgan fingerprint density at radius 2 is 1.63 bits per heavy atom. The van der Waals surface area contributed by atoms with E-state index in [2.05, 4.69) is 23.1 Å². The number of hydrogen-bond donors (Lipinski definition) is 0. The number of benzene rings is 2.